The van der Waals surface area contributed by atoms with Gasteiger partial charge in [-0.15, -0.1) is 0 Å². The highest BCUT2D eigenvalue weighted by Gasteiger charge is 2.06. The maximum Gasteiger partial charge on any atom is 0.222 e. The summed E-state index contributed by atoms with van der Waals surface area (Å²) >= 11 is 5.74. The molecule has 78 valence electrons. The molecule has 15 heavy (non-hydrogen) atoms. The summed E-state index contributed by atoms with van der Waals surface area (Å²) in [4.78, 5) is 8.00. The van der Waals surface area contributed by atoms with Crippen LogP contribution in [-0.2, 0) is 6.54 Å². The molecule has 0 bridgehead atoms. The molecular weight excluding hydrogens is 212 g/mol. The second-order valence-electron chi connectivity index (χ2n) is 3.15. The summed E-state index contributed by atoms with van der Waals surface area (Å²) in [6.45, 7) is 2.99. The highest BCUT2D eigenvalue weighted by atomic mass is 35.5. The standard InChI is InChI=1S/C10H11ClN4/c1-2-7-15-9(4-6-13-15)8-3-5-12-10(11)14-8/h3-6H,2,7H2,1H3. The molecule has 2 heterocycles. The molecular formula is C10H11ClN4. The Kier molecular flexibility index (Phi) is 2.97. The molecule has 0 radical (unpaired) electrons. The number of hydrogen-bond donors (Lipinski definition) is 0. The second-order valence-corrected chi connectivity index (χ2v) is 3.49. The summed E-state index contributed by atoms with van der Waals surface area (Å²) in [6, 6.07) is 3.75. The van der Waals surface area contributed by atoms with E-state index in [2.05, 4.69) is 22.0 Å². The van der Waals surface area contributed by atoms with Crippen LogP contribution in [0.3, 0.4) is 0 Å². The highest BCUT2D eigenvalue weighted by Crippen LogP contribution is 2.17. The van der Waals surface area contributed by atoms with Gasteiger partial charge in [0.2, 0.25) is 5.28 Å². The molecule has 0 aliphatic heterocycles. The van der Waals surface area contributed by atoms with Crippen molar-refractivity contribution in [2.75, 3.05) is 0 Å². The monoisotopic (exact) mass is 222 g/mol. The van der Waals surface area contributed by atoms with Crippen molar-refractivity contribution in [3.63, 3.8) is 0 Å². The Balaban J connectivity index is 2.40. The smallest absolute Gasteiger partial charge is 0.222 e. The zero-order valence-corrected chi connectivity index (χ0v) is 9.15. The van der Waals surface area contributed by atoms with Gasteiger partial charge in [0.1, 0.15) is 0 Å². The van der Waals surface area contributed by atoms with E-state index in [9.17, 15) is 0 Å². The van der Waals surface area contributed by atoms with Crippen LogP contribution in [0.1, 0.15) is 13.3 Å². The van der Waals surface area contributed by atoms with Crippen LogP contribution in [0.2, 0.25) is 5.28 Å². The topological polar surface area (TPSA) is 43.6 Å². The SMILES string of the molecule is CCCn1nccc1-c1ccnc(Cl)n1. The predicted octanol–water partition coefficient (Wildman–Crippen LogP) is 2.40. The third-order valence-corrected chi connectivity index (χ3v) is 2.22. The van der Waals surface area contributed by atoms with Crippen molar-refractivity contribution in [3.8, 4) is 11.4 Å². The molecule has 0 saturated carbocycles. The van der Waals surface area contributed by atoms with E-state index in [1.807, 2.05) is 16.8 Å². The van der Waals surface area contributed by atoms with Crippen molar-refractivity contribution in [1.82, 2.24) is 19.7 Å². The molecule has 2 aromatic heterocycles. The molecule has 2 aromatic rings. The van der Waals surface area contributed by atoms with Crippen LogP contribution in [0.15, 0.2) is 24.5 Å². The third kappa shape index (κ3) is 2.15. The summed E-state index contributed by atoms with van der Waals surface area (Å²) in [5, 5.41) is 4.49. The number of aromatic nitrogens is 4. The van der Waals surface area contributed by atoms with Crippen LogP contribution < -0.4 is 0 Å². The van der Waals surface area contributed by atoms with Crippen LogP contribution in [0, 0.1) is 0 Å². The molecule has 0 N–H and O–H groups in total. The van der Waals surface area contributed by atoms with Gasteiger partial charge in [0.25, 0.3) is 0 Å². The lowest BCUT2D eigenvalue weighted by Gasteiger charge is -2.04. The molecule has 0 aromatic carbocycles. The molecule has 0 aliphatic rings. The Morgan fingerprint density at radius 1 is 1.33 bits per heavy atom. The van der Waals surface area contributed by atoms with Crippen molar-refractivity contribution in [1.29, 1.82) is 0 Å². The number of nitrogens with zero attached hydrogens (tertiary/aromatic N) is 4. The maximum absolute atomic E-state index is 5.74. The van der Waals surface area contributed by atoms with Crippen LogP contribution in [0.5, 0.6) is 0 Å². The molecule has 0 fully saturated rings. The summed E-state index contributed by atoms with van der Waals surface area (Å²) in [5.41, 5.74) is 1.78. The molecule has 4 nitrogen and oxygen atoms in total. The van der Waals surface area contributed by atoms with Crippen molar-refractivity contribution in [3.05, 3.63) is 29.8 Å². The van der Waals surface area contributed by atoms with Gasteiger partial charge < -0.3 is 0 Å². The number of halogens is 1. The highest BCUT2D eigenvalue weighted by molar-refractivity contribution is 6.28. The predicted molar refractivity (Wildman–Crippen MR) is 58.6 cm³/mol. The average molecular weight is 223 g/mol. The van der Waals surface area contributed by atoms with Gasteiger partial charge in [0.05, 0.1) is 11.4 Å². The van der Waals surface area contributed by atoms with Gasteiger partial charge in [-0.2, -0.15) is 5.10 Å². The molecule has 0 amide bonds. The average Bonchev–Trinajstić information content (AvgIpc) is 2.66. The van der Waals surface area contributed by atoms with Gasteiger partial charge in [0, 0.05) is 18.9 Å². The van der Waals surface area contributed by atoms with Crippen LogP contribution in [0.4, 0.5) is 0 Å². The zero-order chi connectivity index (χ0) is 10.7. The van der Waals surface area contributed by atoms with Gasteiger partial charge >= 0.3 is 0 Å². The van der Waals surface area contributed by atoms with Crippen molar-refractivity contribution < 1.29 is 0 Å². The van der Waals surface area contributed by atoms with Crippen molar-refractivity contribution in [2.45, 2.75) is 19.9 Å². The van der Waals surface area contributed by atoms with Crippen LogP contribution in [-0.4, -0.2) is 19.7 Å². The largest absolute Gasteiger partial charge is 0.263 e. The van der Waals surface area contributed by atoms with E-state index in [1.165, 1.54) is 0 Å². The van der Waals surface area contributed by atoms with E-state index >= 15 is 0 Å². The first-order chi connectivity index (χ1) is 7.31. The van der Waals surface area contributed by atoms with E-state index in [0.29, 0.717) is 0 Å². The maximum atomic E-state index is 5.74. The fourth-order valence-corrected chi connectivity index (χ4v) is 1.57. The summed E-state index contributed by atoms with van der Waals surface area (Å²) in [7, 11) is 0. The van der Waals surface area contributed by atoms with Gasteiger partial charge in [-0.1, -0.05) is 6.92 Å². The van der Waals surface area contributed by atoms with Gasteiger partial charge in [-0.3, -0.25) is 4.68 Å². The minimum absolute atomic E-state index is 0.261. The Bertz CT molecular complexity index is 452. The Morgan fingerprint density at radius 2 is 2.20 bits per heavy atom. The lowest BCUT2D eigenvalue weighted by atomic mass is 10.3. The van der Waals surface area contributed by atoms with Gasteiger partial charge in [-0.05, 0) is 30.2 Å². The Labute approximate surface area is 92.9 Å². The van der Waals surface area contributed by atoms with Gasteiger partial charge in [0.15, 0.2) is 0 Å². The minimum atomic E-state index is 0.261. The molecule has 0 spiro atoms. The molecule has 0 saturated heterocycles. The minimum Gasteiger partial charge on any atom is -0.263 e. The van der Waals surface area contributed by atoms with E-state index in [0.717, 1.165) is 24.4 Å². The zero-order valence-electron chi connectivity index (χ0n) is 8.39. The molecule has 0 aliphatic carbocycles. The second kappa shape index (κ2) is 4.40. The summed E-state index contributed by atoms with van der Waals surface area (Å²) in [6.07, 6.45) is 4.45. The van der Waals surface area contributed by atoms with Crippen molar-refractivity contribution >= 4 is 11.6 Å². The lowest BCUT2D eigenvalue weighted by molar-refractivity contribution is 0.608. The number of rotatable bonds is 3. The fraction of sp³-hybridized carbons (Fsp3) is 0.300. The first-order valence-corrected chi connectivity index (χ1v) is 5.20. The lowest BCUT2D eigenvalue weighted by Crippen LogP contribution is -2.02. The van der Waals surface area contributed by atoms with Crippen LogP contribution in [0.25, 0.3) is 11.4 Å². The Morgan fingerprint density at radius 3 is 2.93 bits per heavy atom. The molecule has 5 heteroatoms. The van der Waals surface area contributed by atoms with Crippen LogP contribution >= 0.6 is 11.6 Å². The normalized spacial score (nSPS) is 10.5. The van der Waals surface area contributed by atoms with E-state index in [4.69, 9.17) is 11.6 Å². The quantitative estimate of drug-likeness (QED) is 0.749. The molecule has 2 rings (SSSR count). The van der Waals surface area contributed by atoms with E-state index in [1.54, 1.807) is 12.4 Å². The van der Waals surface area contributed by atoms with Crippen molar-refractivity contribution in [2.24, 2.45) is 0 Å². The van der Waals surface area contributed by atoms with Gasteiger partial charge in [-0.25, -0.2) is 9.97 Å². The number of hydrogen-bond acceptors (Lipinski definition) is 3. The summed E-state index contributed by atoms with van der Waals surface area (Å²) < 4.78 is 1.92. The first kappa shape index (κ1) is 10.1. The first-order valence-electron chi connectivity index (χ1n) is 4.82. The Hall–Kier alpha value is -1.42. The molecule has 0 atom stereocenters. The third-order valence-electron chi connectivity index (χ3n) is 2.04. The summed E-state index contributed by atoms with van der Waals surface area (Å²) in [5.74, 6) is 0. The van der Waals surface area contributed by atoms with E-state index in [-0.39, 0.29) is 5.28 Å². The van der Waals surface area contributed by atoms with E-state index < -0.39 is 0 Å². The number of aryl methyl sites for hydroxylation is 1. The molecule has 0 unspecified atom stereocenters. The fourth-order valence-electron chi connectivity index (χ4n) is 1.42.